The topological polar surface area (TPSA) is 71.0 Å². The van der Waals surface area contributed by atoms with E-state index in [0.29, 0.717) is 44.3 Å². The zero-order valence-corrected chi connectivity index (χ0v) is 15.3. The summed E-state index contributed by atoms with van der Waals surface area (Å²) in [5.74, 6) is 1.54. The van der Waals surface area contributed by atoms with Crippen molar-refractivity contribution in [3.8, 4) is 5.88 Å². The third-order valence-corrected chi connectivity index (χ3v) is 5.45. The van der Waals surface area contributed by atoms with Gasteiger partial charge in [-0.05, 0) is 25.7 Å². The third kappa shape index (κ3) is 3.70. The van der Waals surface area contributed by atoms with E-state index in [1.165, 1.54) is 12.8 Å². The minimum absolute atomic E-state index is 0.161. The van der Waals surface area contributed by atoms with E-state index >= 15 is 0 Å². The van der Waals surface area contributed by atoms with Crippen molar-refractivity contribution >= 4 is 11.8 Å². The number of ether oxygens (including phenoxy) is 2. The van der Waals surface area contributed by atoms with Crippen molar-refractivity contribution in [2.24, 2.45) is 0 Å². The fourth-order valence-electron chi connectivity index (χ4n) is 3.90. The normalized spacial score (nSPS) is 21.6. The summed E-state index contributed by atoms with van der Waals surface area (Å²) in [6.07, 6.45) is 5.93. The summed E-state index contributed by atoms with van der Waals surface area (Å²) < 4.78 is 10.6. The molecular formula is C18H27N5O3. The maximum Gasteiger partial charge on any atom is 0.320 e. The first kappa shape index (κ1) is 17.3. The number of nitrogens with zero attached hydrogens (tertiary/aromatic N) is 5. The van der Waals surface area contributed by atoms with Crippen LogP contribution in [0.1, 0.15) is 25.7 Å². The Morgan fingerprint density at radius 1 is 1.08 bits per heavy atom. The van der Waals surface area contributed by atoms with Crippen molar-refractivity contribution in [1.29, 1.82) is 0 Å². The number of likely N-dealkylation sites (tertiary alicyclic amines) is 1. The van der Waals surface area contributed by atoms with Crippen LogP contribution in [-0.2, 0) is 4.74 Å². The number of piperidine rings is 1. The zero-order valence-electron chi connectivity index (χ0n) is 15.3. The van der Waals surface area contributed by atoms with E-state index in [-0.39, 0.29) is 6.03 Å². The molecule has 3 heterocycles. The Hall–Kier alpha value is -2.09. The minimum atomic E-state index is 0.161. The number of carbonyl (C=O) groups excluding carboxylic acids is 1. The first-order valence-corrected chi connectivity index (χ1v) is 9.52. The highest BCUT2D eigenvalue weighted by Crippen LogP contribution is 2.36. The maximum atomic E-state index is 12.7. The van der Waals surface area contributed by atoms with Crippen LogP contribution < -0.4 is 9.64 Å². The summed E-state index contributed by atoms with van der Waals surface area (Å²) in [6, 6.07) is 3.05. The molecular weight excluding hydrogens is 334 g/mol. The number of hydrogen-bond acceptors (Lipinski definition) is 6. The van der Waals surface area contributed by atoms with Crippen LogP contribution in [0.3, 0.4) is 0 Å². The van der Waals surface area contributed by atoms with Crippen molar-refractivity contribution in [2.75, 3.05) is 51.4 Å². The molecule has 2 saturated heterocycles. The van der Waals surface area contributed by atoms with Crippen LogP contribution >= 0.6 is 0 Å². The van der Waals surface area contributed by atoms with Gasteiger partial charge >= 0.3 is 6.03 Å². The van der Waals surface area contributed by atoms with Crippen molar-refractivity contribution in [3.63, 3.8) is 0 Å². The van der Waals surface area contributed by atoms with E-state index in [9.17, 15) is 4.79 Å². The van der Waals surface area contributed by atoms with Gasteiger partial charge in [0.15, 0.2) is 0 Å². The summed E-state index contributed by atoms with van der Waals surface area (Å²) in [7, 11) is 1.63. The molecule has 0 radical (unpaired) electrons. The lowest BCUT2D eigenvalue weighted by Crippen LogP contribution is -2.53. The second-order valence-electron chi connectivity index (χ2n) is 7.16. The summed E-state index contributed by atoms with van der Waals surface area (Å²) in [4.78, 5) is 27.6. The van der Waals surface area contributed by atoms with E-state index in [1.807, 2.05) is 15.9 Å². The van der Waals surface area contributed by atoms with E-state index in [1.54, 1.807) is 13.4 Å². The molecule has 0 aromatic carbocycles. The number of methoxy groups -OCH3 is 1. The molecule has 142 valence electrons. The second kappa shape index (κ2) is 7.65. The molecule has 2 aliphatic heterocycles. The summed E-state index contributed by atoms with van der Waals surface area (Å²) in [6.45, 7) is 4.29. The fraction of sp³-hybridized carbons (Fsp3) is 0.722. The van der Waals surface area contributed by atoms with Gasteiger partial charge in [0, 0.05) is 44.3 Å². The molecule has 3 fully saturated rings. The van der Waals surface area contributed by atoms with Crippen molar-refractivity contribution < 1.29 is 14.3 Å². The number of urea groups is 1. The van der Waals surface area contributed by atoms with Crippen molar-refractivity contribution in [3.05, 3.63) is 12.4 Å². The molecule has 0 spiro atoms. The number of amides is 2. The van der Waals surface area contributed by atoms with Gasteiger partial charge in [-0.3, -0.25) is 0 Å². The number of aromatic nitrogens is 2. The van der Waals surface area contributed by atoms with Gasteiger partial charge in [0.1, 0.15) is 12.1 Å². The Morgan fingerprint density at radius 2 is 1.73 bits per heavy atom. The average Bonchev–Trinajstić information content (AvgIpc) is 3.54. The summed E-state index contributed by atoms with van der Waals surface area (Å²) >= 11 is 0. The minimum Gasteiger partial charge on any atom is -0.481 e. The van der Waals surface area contributed by atoms with Gasteiger partial charge in [-0.2, -0.15) is 0 Å². The number of morpholine rings is 1. The van der Waals surface area contributed by atoms with Gasteiger partial charge in [0.2, 0.25) is 5.88 Å². The predicted octanol–water partition coefficient (Wildman–Crippen LogP) is 1.37. The van der Waals surface area contributed by atoms with Crippen molar-refractivity contribution in [1.82, 2.24) is 19.8 Å². The maximum absolute atomic E-state index is 12.7. The molecule has 8 heteroatoms. The van der Waals surface area contributed by atoms with Crippen LogP contribution in [-0.4, -0.2) is 84.4 Å². The Bertz CT molecular complexity index is 625. The van der Waals surface area contributed by atoms with Crippen LogP contribution in [0, 0.1) is 0 Å². The molecule has 0 bridgehead atoms. The van der Waals surface area contributed by atoms with Crippen LogP contribution in [0.2, 0.25) is 0 Å². The average molecular weight is 361 g/mol. The van der Waals surface area contributed by atoms with E-state index in [4.69, 9.17) is 9.47 Å². The zero-order chi connectivity index (χ0) is 17.9. The van der Waals surface area contributed by atoms with Gasteiger partial charge in [-0.1, -0.05) is 0 Å². The molecule has 2 amide bonds. The number of carbonyl (C=O) groups is 1. The lowest BCUT2D eigenvalue weighted by molar-refractivity contribution is 0.0411. The molecule has 1 aromatic heterocycles. The van der Waals surface area contributed by atoms with E-state index < -0.39 is 0 Å². The lowest BCUT2D eigenvalue weighted by atomic mass is 10.0. The monoisotopic (exact) mass is 361 g/mol. The molecule has 1 aromatic rings. The molecule has 1 aliphatic carbocycles. The Balaban J connectivity index is 1.39. The fourth-order valence-corrected chi connectivity index (χ4v) is 3.90. The molecule has 1 saturated carbocycles. The molecule has 8 nitrogen and oxygen atoms in total. The third-order valence-electron chi connectivity index (χ3n) is 5.45. The van der Waals surface area contributed by atoms with Crippen LogP contribution in [0.4, 0.5) is 10.6 Å². The van der Waals surface area contributed by atoms with E-state index in [2.05, 4.69) is 14.9 Å². The highest BCUT2D eigenvalue weighted by Gasteiger charge is 2.37. The molecule has 3 aliphatic rings. The number of hydrogen-bond donors (Lipinski definition) is 0. The van der Waals surface area contributed by atoms with E-state index in [0.717, 1.165) is 31.7 Å². The Kier molecular flexibility index (Phi) is 5.10. The number of anilines is 1. The smallest absolute Gasteiger partial charge is 0.320 e. The quantitative estimate of drug-likeness (QED) is 0.807. The van der Waals surface area contributed by atoms with Gasteiger partial charge in [-0.25, -0.2) is 14.8 Å². The van der Waals surface area contributed by atoms with Gasteiger partial charge in [0.25, 0.3) is 0 Å². The predicted molar refractivity (Wildman–Crippen MR) is 96.5 cm³/mol. The molecule has 26 heavy (non-hydrogen) atoms. The van der Waals surface area contributed by atoms with Gasteiger partial charge < -0.3 is 24.2 Å². The van der Waals surface area contributed by atoms with Crippen LogP contribution in [0.25, 0.3) is 0 Å². The Labute approximate surface area is 154 Å². The second-order valence-corrected chi connectivity index (χ2v) is 7.16. The van der Waals surface area contributed by atoms with Gasteiger partial charge in [0.05, 0.1) is 20.3 Å². The first-order valence-electron chi connectivity index (χ1n) is 9.52. The summed E-state index contributed by atoms with van der Waals surface area (Å²) in [5.41, 5.74) is 0. The molecule has 0 N–H and O–H groups in total. The standard InChI is InChI=1S/C18H27N5O3/c1-25-17-12-16(19-13-20-17)23(14-2-3-14)15-4-6-21(7-5-15)18(24)22-8-10-26-11-9-22/h12-15H,2-11H2,1H3. The summed E-state index contributed by atoms with van der Waals surface area (Å²) in [5, 5.41) is 0. The highest BCUT2D eigenvalue weighted by atomic mass is 16.5. The Morgan fingerprint density at radius 3 is 2.38 bits per heavy atom. The van der Waals surface area contributed by atoms with Crippen LogP contribution in [0.15, 0.2) is 12.4 Å². The largest absolute Gasteiger partial charge is 0.481 e. The first-order chi connectivity index (χ1) is 12.8. The van der Waals surface area contributed by atoms with Crippen molar-refractivity contribution in [2.45, 2.75) is 37.8 Å². The van der Waals surface area contributed by atoms with Crippen LogP contribution in [0.5, 0.6) is 5.88 Å². The molecule has 0 atom stereocenters. The molecule has 4 rings (SSSR count). The lowest BCUT2D eigenvalue weighted by Gasteiger charge is -2.41. The molecule has 0 unspecified atom stereocenters. The van der Waals surface area contributed by atoms with Gasteiger partial charge in [-0.15, -0.1) is 0 Å². The highest BCUT2D eigenvalue weighted by molar-refractivity contribution is 5.74. The SMILES string of the molecule is COc1cc(N(C2CC2)C2CCN(C(=O)N3CCOCC3)CC2)ncn1. The number of rotatable bonds is 4.